The molecule has 0 spiro atoms. The molecule has 2 aromatic carbocycles. The Kier molecular flexibility index (Phi) is 5.69. The molecule has 3 aromatic rings. The molecule has 2 amide bonds. The van der Waals surface area contributed by atoms with Crippen LogP contribution in [0.5, 0.6) is 0 Å². The minimum Gasteiger partial charge on any atom is -0.378 e. The molecule has 4 rings (SSSR count). The van der Waals surface area contributed by atoms with Crippen LogP contribution in [0.3, 0.4) is 0 Å². The highest BCUT2D eigenvalue weighted by Crippen LogP contribution is 2.35. The van der Waals surface area contributed by atoms with Crippen LogP contribution in [-0.4, -0.2) is 42.2 Å². The van der Waals surface area contributed by atoms with Crippen LogP contribution in [0.1, 0.15) is 38.9 Å². The fourth-order valence-electron chi connectivity index (χ4n) is 3.85. The van der Waals surface area contributed by atoms with Gasteiger partial charge >= 0.3 is 0 Å². The monoisotopic (exact) mass is 437 g/mol. The molecule has 0 saturated heterocycles. The first kappa shape index (κ1) is 20.9. The Morgan fingerprint density at radius 1 is 1.13 bits per heavy atom. The molecule has 1 aliphatic rings. The van der Waals surface area contributed by atoms with Gasteiger partial charge in [-0.3, -0.25) is 14.3 Å². The van der Waals surface area contributed by atoms with E-state index in [9.17, 15) is 9.59 Å². The summed E-state index contributed by atoms with van der Waals surface area (Å²) in [6, 6.07) is 14.2. The summed E-state index contributed by atoms with van der Waals surface area (Å²) in [7, 11) is 5.73. The highest BCUT2D eigenvalue weighted by molar-refractivity contribution is 6.33. The molecule has 1 unspecified atom stereocenters. The molecule has 0 saturated carbocycles. The van der Waals surface area contributed by atoms with E-state index in [1.807, 2.05) is 50.3 Å². The minimum absolute atomic E-state index is 0.0876. The van der Waals surface area contributed by atoms with Gasteiger partial charge in [-0.2, -0.15) is 5.10 Å². The number of aromatic nitrogens is 2. The summed E-state index contributed by atoms with van der Waals surface area (Å²) in [5.74, 6) is -0.336. The van der Waals surface area contributed by atoms with E-state index in [-0.39, 0.29) is 17.9 Å². The van der Waals surface area contributed by atoms with Crippen LogP contribution < -0.4 is 15.1 Å². The topological polar surface area (TPSA) is 70.5 Å². The number of amides is 2. The molecule has 2 heterocycles. The van der Waals surface area contributed by atoms with Crippen LogP contribution in [0.2, 0.25) is 5.02 Å². The average Bonchev–Trinajstić information content (AvgIpc) is 3.16. The molecule has 31 heavy (non-hydrogen) atoms. The summed E-state index contributed by atoms with van der Waals surface area (Å²) in [5, 5.41) is 7.80. The Morgan fingerprint density at radius 3 is 2.52 bits per heavy atom. The van der Waals surface area contributed by atoms with E-state index in [1.165, 1.54) is 0 Å². The summed E-state index contributed by atoms with van der Waals surface area (Å²) >= 11 is 6.18. The predicted octanol–water partition coefficient (Wildman–Crippen LogP) is 3.66. The predicted molar refractivity (Wildman–Crippen MR) is 122 cm³/mol. The second-order valence-corrected chi connectivity index (χ2v) is 8.14. The van der Waals surface area contributed by atoms with Crippen molar-refractivity contribution in [3.8, 4) is 0 Å². The Balaban J connectivity index is 1.58. The number of fused-ring (bicyclic) bond motifs is 1. The first-order valence-corrected chi connectivity index (χ1v) is 10.4. The SMILES string of the molecule is CN(C)c1ccc(C(=O)N2CCC(NC(=O)c3ccccc3Cl)c3c2cnn3C)cc1. The summed E-state index contributed by atoms with van der Waals surface area (Å²) in [5.41, 5.74) is 3.57. The molecule has 1 aromatic heterocycles. The van der Waals surface area contributed by atoms with Crippen molar-refractivity contribution in [3.05, 3.63) is 76.6 Å². The minimum atomic E-state index is -0.272. The molecule has 0 radical (unpaired) electrons. The van der Waals surface area contributed by atoms with Crippen molar-refractivity contribution in [2.24, 2.45) is 7.05 Å². The molecule has 8 heteroatoms. The van der Waals surface area contributed by atoms with Crippen LogP contribution in [0.4, 0.5) is 11.4 Å². The van der Waals surface area contributed by atoms with Gasteiger partial charge in [0.05, 0.1) is 34.2 Å². The van der Waals surface area contributed by atoms with E-state index >= 15 is 0 Å². The van der Waals surface area contributed by atoms with Crippen LogP contribution in [0, 0.1) is 0 Å². The zero-order chi connectivity index (χ0) is 22.1. The zero-order valence-corrected chi connectivity index (χ0v) is 18.4. The summed E-state index contributed by atoms with van der Waals surface area (Å²) in [6.45, 7) is 0.473. The third-order valence-corrected chi connectivity index (χ3v) is 5.86. The smallest absolute Gasteiger partial charge is 0.258 e. The number of aryl methyl sites for hydroxylation is 1. The third-order valence-electron chi connectivity index (χ3n) is 5.53. The highest BCUT2D eigenvalue weighted by Gasteiger charge is 2.33. The third kappa shape index (κ3) is 4.01. The van der Waals surface area contributed by atoms with Crippen LogP contribution in [0.15, 0.2) is 54.7 Å². The van der Waals surface area contributed by atoms with Crippen molar-refractivity contribution in [1.29, 1.82) is 0 Å². The maximum Gasteiger partial charge on any atom is 0.258 e. The maximum atomic E-state index is 13.2. The van der Waals surface area contributed by atoms with Crippen LogP contribution in [-0.2, 0) is 7.05 Å². The Hall–Kier alpha value is -3.32. The fraction of sp³-hybridized carbons (Fsp3) is 0.261. The molecule has 1 atom stereocenters. The number of hydrogen-bond acceptors (Lipinski definition) is 4. The van der Waals surface area contributed by atoms with Crippen LogP contribution >= 0.6 is 11.6 Å². The number of carbonyl (C=O) groups excluding carboxylic acids is 2. The molecular formula is C23H24ClN5O2. The van der Waals surface area contributed by atoms with E-state index < -0.39 is 0 Å². The molecule has 1 aliphatic heterocycles. The van der Waals surface area contributed by atoms with Gasteiger partial charge in [0.2, 0.25) is 0 Å². The largest absolute Gasteiger partial charge is 0.378 e. The summed E-state index contributed by atoms with van der Waals surface area (Å²) in [6.07, 6.45) is 2.25. The number of halogens is 1. The van der Waals surface area contributed by atoms with Crippen molar-refractivity contribution >= 4 is 34.8 Å². The lowest BCUT2D eigenvalue weighted by atomic mass is 10.0. The second kappa shape index (κ2) is 8.43. The van der Waals surface area contributed by atoms with Gasteiger partial charge in [-0.05, 0) is 42.8 Å². The number of benzene rings is 2. The van der Waals surface area contributed by atoms with E-state index in [0.717, 1.165) is 11.4 Å². The number of nitrogens with zero attached hydrogens (tertiary/aromatic N) is 4. The molecule has 7 nitrogen and oxygen atoms in total. The van der Waals surface area contributed by atoms with Crippen molar-refractivity contribution in [2.75, 3.05) is 30.4 Å². The molecule has 0 fully saturated rings. The Labute approximate surface area is 186 Å². The van der Waals surface area contributed by atoms with E-state index in [1.54, 1.807) is 40.0 Å². The number of hydrogen-bond donors (Lipinski definition) is 1. The van der Waals surface area contributed by atoms with Crippen molar-refractivity contribution in [2.45, 2.75) is 12.5 Å². The maximum absolute atomic E-state index is 13.2. The van der Waals surface area contributed by atoms with Gasteiger partial charge in [-0.25, -0.2) is 0 Å². The van der Waals surface area contributed by atoms with E-state index in [0.29, 0.717) is 34.8 Å². The van der Waals surface area contributed by atoms with Gasteiger partial charge < -0.3 is 15.1 Å². The second-order valence-electron chi connectivity index (χ2n) is 7.73. The quantitative estimate of drug-likeness (QED) is 0.676. The van der Waals surface area contributed by atoms with Gasteiger partial charge in [0, 0.05) is 38.9 Å². The lowest BCUT2D eigenvalue weighted by Gasteiger charge is -2.32. The molecule has 160 valence electrons. The normalized spacial score (nSPS) is 15.4. The van der Waals surface area contributed by atoms with Gasteiger partial charge in [0.25, 0.3) is 11.8 Å². The lowest BCUT2D eigenvalue weighted by Crippen LogP contribution is -2.41. The van der Waals surface area contributed by atoms with Crippen molar-refractivity contribution in [1.82, 2.24) is 15.1 Å². The highest BCUT2D eigenvalue weighted by atomic mass is 35.5. The fourth-order valence-corrected chi connectivity index (χ4v) is 4.08. The molecular weight excluding hydrogens is 414 g/mol. The molecule has 0 bridgehead atoms. The lowest BCUT2D eigenvalue weighted by molar-refractivity contribution is 0.0931. The van der Waals surface area contributed by atoms with E-state index in [2.05, 4.69) is 10.4 Å². The summed E-state index contributed by atoms with van der Waals surface area (Å²) in [4.78, 5) is 29.7. The molecule has 0 aliphatic carbocycles. The number of nitrogens with one attached hydrogen (secondary N) is 1. The number of carbonyl (C=O) groups is 2. The first-order chi connectivity index (χ1) is 14.9. The number of anilines is 2. The average molecular weight is 438 g/mol. The van der Waals surface area contributed by atoms with Crippen molar-refractivity contribution in [3.63, 3.8) is 0 Å². The standard InChI is InChI=1S/C23H24ClN5O2/c1-27(2)16-10-8-15(9-11-16)23(31)29-13-12-19(21-20(29)14-25-28(21)3)26-22(30)17-6-4-5-7-18(17)24/h4-11,14,19H,12-13H2,1-3H3,(H,26,30). The Morgan fingerprint density at radius 2 is 1.84 bits per heavy atom. The number of rotatable bonds is 4. The van der Waals surface area contributed by atoms with Crippen LogP contribution in [0.25, 0.3) is 0 Å². The van der Waals surface area contributed by atoms with Crippen molar-refractivity contribution < 1.29 is 9.59 Å². The Bertz CT molecular complexity index is 1120. The summed E-state index contributed by atoms with van der Waals surface area (Å²) < 4.78 is 1.71. The van der Waals surface area contributed by atoms with E-state index in [4.69, 9.17) is 11.6 Å². The van der Waals surface area contributed by atoms with Gasteiger partial charge in [-0.1, -0.05) is 23.7 Å². The van der Waals surface area contributed by atoms with Gasteiger partial charge in [-0.15, -0.1) is 0 Å². The van der Waals surface area contributed by atoms with Gasteiger partial charge in [0.1, 0.15) is 0 Å². The molecule has 1 N–H and O–H groups in total. The zero-order valence-electron chi connectivity index (χ0n) is 17.7. The first-order valence-electron chi connectivity index (χ1n) is 10.0. The van der Waals surface area contributed by atoms with Gasteiger partial charge in [0.15, 0.2) is 0 Å².